The Morgan fingerprint density at radius 3 is 2.56 bits per heavy atom. The summed E-state index contributed by atoms with van der Waals surface area (Å²) in [5.41, 5.74) is 0.789. The van der Waals surface area contributed by atoms with Crippen LogP contribution in [0.3, 0.4) is 0 Å². The molecule has 0 spiro atoms. The maximum Gasteiger partial charge on any atom is 0.243 e. The summed E-state index contributed by atoms with van der Waals surface area (Å²) in [7, 11) is -7.33. The largest absolute Gasteiger partial charge is 0.313 e. The van der Waals surface area contributed by atoms with E-state index >= 15 is 0 Å². The Hall–Kier alpha value is -1.81. The number of sulfone groups is 1. The molecule has 1 aliphatic heterocycles. The topological polar surface area (TPSA) is 96.4 Å². The van der Waals surface area contributed by atoms with Crippen molar-refractivity contribution in [2.75, 3.05) is 25.9 Å². The number of hydrogen-bond acceptors (Lipinski definition) is 6. The van der Waals surface area contributed by atoms with Gasteiger partial charge in [0.2, 0.25) is 10.0 Å². The van der Waals surface area contributed by atoms with E-state index in [1.54, 1.807) is 18.5 Å². The van der Waals surface area contributed by atoms with Crippen LogP contribution < -0.4 is 5.32 Å². The number of nitrogens with zero attached hydrogens (tertiary/aromatic N) is 2. The zero-order valence-electron chi connectivity index (χ0n) is 13.7. The van der Waals surface area contributed by atoms with Gasteiger partial charge >= 0.3 is 0 Å². The molecule has 1 aliphatic rings. The lowest BCUT2D eigenvalue weighted by Crippen LogP contribution is -2.48. The quantitative estimate of drug-likeness (QED) is 0.842. The minimum atomic E-state index is -3.84. The van der Waals surface area contributed by atoms with Gasteiger partial charge in [-0.25, -0.2) is 16.8 Å². The molecule has 1 N–H and O–H groups in total. The van der Waals surface area contributed by atoms with Crippen LogP contribution in [-0.4, -0.2) is 52.0 Å². The molecule has 1 fully saturated rings. The first kappa shape index (κ1) is 18.0. The number of hydrogen-bond donors (Lipinski definition) is 1. The molecule has 0 bridgehead atoms. The SMILES string of the molecule is CS(=O)(=O)c1cccc(S(=O)(=O)N2CCNCC2c2cccnc2)c1. The summed E-state index contributed by atoms with van der Waals surface area (Å²) in [6.45, 7) is 1.30. The van der Waals surface area contributed by atoms with Crippen molar-refractivity contribution in [3.8, 4) is 0 Å². The molecular weight excluding hydrogens is 362 g/mol. The van der Waals surface area contributed by atoms with E-state index in [-0.39, 0.29) is 9.79 Å². The first-order valence-corrected chi connectivity index (χ1v) is 11.1. The lowest BCUT2D eigenvalue weighted by molar-refractivity contribution is 0.271. The second kappa shape index (κ2) is 6.83. The monoisotopic (exact) mass is 381 g/mol. The Morgan fingerprint density at radius 1 is 1.12 bits per heavy atom. The highest BCUT2D eigenvalue weighted by Gasteiger charge is 2.34. The first-order valence-electron chi connectivity index (χ1n) is 7.73. The first-order chi connectivity index (χ1) is 11.8. The van der Waals surface area contributed by atoms with Crippen LogP contribution in [-0.2, 0) is 19.9 Å². The van der Waals surface area contributed by atoms with E-state index in [1.807, 2.05) is 6.07 Å². The normalized spacial score (nSPS) is 19.6. The van der Waals surface area contributed by atoms with Crippen molar-refractivity contribution < 1.29 is 16.8 Å². The van der Waals surface area contributed by atoms with Crippen LogP contribution >= 0.6 is 0 Å². The molecule has 1 saturated heterocycles. The second-order valence-electron chi connectivity index (χ2n) is 5.87. The van der Waals surface area contributed by atoms with Crippen LogP contribution in [0.1, 0.15) is 11.6 Å². The fraction of sp³-hybridized carbons (Fsp3) is 0.312. The molecule has 3 rings (SSSR count). The summed E-state index contributed by atoms with van der Waals surface area (Å²) in [5.74, 6) is 0. The Labute approximate surface area is 147 Å². The van der Waals surface area contributed by atoms with Crippen molar-refractivity contribution >= 4 is 19.9 Å². The number of nitrogens with one attached hydrogen (secondary N) is 1. The molecule has 1 aromatic heterocycles. The zero-order chi connectivity index (χ0) is 18.1. The predicted octanol–water partition coefficient (Wildman–Crippen LogP) is 0.820. The summed E-state index contributed by atoms with van der Waals surface area (Å²) in [4.78, 5) is 4.03. The van der Waals surface area contributed by atoms with Gasteiger partial charge in [-0.15, -0.1) is 0 Å². The van der Waals surface area contributed by atoms with Gasteiger partial charge in [0.05, 0.1) is 15.8 Å². The third-order valence-corrected chi connectivity index (χ3v) is 7.12. The summed E-state index contributed by atoms with van der Waals surface area (Å²) in [6.07, 6.45) is 4.34. The standard InChI is InChI=1S/C16H19N3O4S2/c1-24(20,21)14-5-2-6-15(10-14)25(22,23)19-9-8-18-12-16(19)13-4-3-7-17-11-13/h2-7,10-11,16,18H,8-9,12H2,1H3. The smallest absolute Gasteiger partial charge is 0.243 e. The van der Waals surface area contributed by atoms with Crippen molar-refractivity contribution in [3.63, 3.8) is 0 Å². The van der Waals surface area contributed by atoms with E-state index in [0.29, 0.717) is 19.6 Å². The van der Waals surface area contributed by atoms with Crippen LogP contribution in [0, 0.1) is 0 Å². The highest BCUT2D eigenvalue weighted by atomic mass is 32.2. The molecule has 134 valence electrons. The van der Waals surface area contributed by atoms with Gasteiger partial charge in [0.15, 0.2) is 9.84 Å². The second-order valence-corrected chi connectivity index (χ2v) is 9.78. The Balaban J connectivity index is 2.03. The highest BCUT2D eigenvalue weighted by molar-refractivity contribution is 7.91. The number of aromatic nitrogens is 1. The highest BCUT2D eigenvalue weighted by Crippen LogP contribution is 2.29. The number of benzene rings is 1. The van der Waals surface area contributed by atoms with Gasteiger partial charge in [-0.05, 0) is 29.8 Å². The Bertz CT molecular complexity index is 960. The molecule has 2 heterocycles. The fourth-order valence-corrected chi connectivity index (χ4v) is 5.23. The maximum atomic E-state index is 13.1. The van der Waals surface area contributed by atoms with Gasteiger partial charge in [0.1, 0.15) is 0 Å². The third kappa shape index (κ3) is 3.74. The van der Waals surface area contributed by atoms with Crippen molar-refractivity contribution in [2.45, 2.75) is 15.8 Å². The number of pyridine rings is 1. The molecule has 1 atom stereocenters. The summed E-state index contributed by atoms with van der Waals surface area (Å²) in [6, 6.07) is 8.68. The number of rotatable bonds is 4. The maximum absolute atomic E-state index is 13.1. The Morgan fingerprint density at radius 2 is 1.88 bits per heavy atom. The Kier molecular flexibility index (Phi) is 4.92. The average Bonchev–Trinajstić information content (AvgIpc) is 2.62. The van der Waals surface area contributed by atoms with E-state index in [0.717, 1.165) is 11.8 Å². The summed E-state index contributed by atoms with van der Waals surface area (Å²) in [5, 5.41) is 3.19. The molecule has 1 aromatic carbocycles. The fourth-order valence-electron chi connectivity index (χ4n) is 2.83. The molecule has 7 nitrogen and oxygen atoms in total. The average molecular weight is 381 g/mol. The van der Waals surface area contributed by atoms with E-state index < -0.39 is 25.9 Å². The van der Waals surface area contributed by atoms with Crippen molar-refractivity contribution in [1.29, 1.82) is 0 Å². The molecule has 0 amide bonds. The van der Waals surface area contributed by atoms with Crippen LogP contribution in [0.15, 0.2) is 58.6 Å². The molecule has 0 radical (unpaired) electrons. The molecule has 0 saturated carbocycles. The molecule has 1 unspecified atom stereocenters. The number of piperazine rings is 1. The van der Waals surface area contributed by atoms with Gasteiger partial charge < -0.3 is 5.32 Å². The van der Waals surface area contributed by atoms with Crippen LogP contribution in [0.2, 0.25) is 0 Å². The van der Waals surface area contributed by atoms with Gasteiger partial charge in [-0.2, -0.15) is 4.31 Å². The number of sulfonamides is 1. The molecule has 0 aliphatic carbocycles. The van der Waals surface area contributed by atoms with Crippen LogP contribution in [0.5, 0.6) is 0 Å². The van der Waals surface area contributed by atoms with E-state index in [2.05, 4.69) is 10.3 Å². The van der Waals surface area contributed by atoms with E-state index in [1.165, 1.54) is 28.6 Å². The third-order valence-electron chi connectivity index (χ3n) is 4.10. The summed E-state index contributed by atoms with van der Waals surface area (Å²) >= 11 is 0. The van der Waals surface area contributed by atoms with Gasteiger partial charge in [-0.3, -0.25) is 4.98 Å². The summed E-state index contributed by atoms with van der Waals surface area (Å²) < 4.78 is 51.2. The van der Waals surface area contributed by atoms with Gasteiger partial charge in [0.25, 0.3) is 0 Å². The zero-order valence-corrected chi connectivity index (χ0v) is 15.3. The molecule has 25 heavy (non-hydrogen) atoms. The van der Waals surface area contributed by atoms with Crippen molar-refractivity contribution in [3.05, 3.63) is 54.4 Å². The molecular formula is C16H19N3O4S2. The minimum Gasteiger partial charge on any atom is -0.313 e. The van der Waals surface area contributed by atoms with Crippen LogP contribution in [0.25, 0.3) is 0 Å². The molecule has 2 aromatic rings. The predicted molar refractivity (Wildman–Crippen MR) is 93.3 cm³/mol. The lowest BCUT2D eigenvalue weighted by Gasteiger charge is -2.35. The van der Waals surface area contributed by atoms with E-state index in [9.17, 15) is 16.8 Å². The van der Waals surface area contributed by atoms with Crippen molar-refractivity contribution in [2.24, 2.45) is 0 Å². The van der Waals surface area contributed by atoms with E-state index in [4.69, 9.17) is 0 Å². The lowest BCUT2D eigenvalue weighted by atomic mass is 10.1. The van der Waals surface area contributed by atoms with Crippen LogP contribution in [0.4, 0.5) is 0 Å². The minimum absolute atomic E-state index is 0.0124. The van der Waals surface area contributed by atoms with Crippen molar-refractivity contribution in [1.82, 2.24) is 14.6 Å². The molecule has 9 heteroatoms. The van der Waals surface area contributed by atoms with Gasteiger partial charge in [0, 0.05) is 38.3 Å². The van der Waals surface area contributed by atoms with Gasteiger partial charge in [-0.1, -0.05) is 12.1 Å².